The molecule has 2 aliphatic heterocycles. The van der Waals surface area contributed by atoms with Crippen LogP contribution >= 0.6 is 11.3 Å². The van der Waals surface area contributed by atoms with Gasteiger partial charge in [0.1, 0.15) is 5.82 Å². The Morgan fingerprint density at radius 1 is 1.22 bits per heavy atom. The van der Waals surface area contributed by atoms with Crippen molar-refractivity contribution in [3.8, 4) is 0 Å². The van der Waals surface area contributed by atoms with Crippen molar-refractivity contribution in [1.82, 2.24) is 19.4 Å². The second kappa shape index (κ2) is 6.04. The van der Waals surface area contributed by atoms with Gasteiger partial charge in [-0.25, -0.2) is 4.98 Å². The third kappa shape index (κ3) is 2.55. The molecule has 0 amide bonds. The number of rotatable bonds is 3. The van der Waals surface area contributed by atoms with E-state index in [0.29, 0.717) is 0 Å². The summed E-state index contributed by atoms with van der Waals surface area (Å²) in [7, 11) is 0. The first kappa shape index (κ1) is 15.4. The Morgan fingerprint density at radius 3 is 2.74 bits per heavy atom. The number of nitrogens with zero attached hydrogens (tertiary/aromatic N) is 4. The van der Waals surface area contributed by atoms with E-state index in [4.69, 9.17) is 4.98 Å². The summed E-state index contributed by atoms with van der Waals surface area (Å²) in [6.07, 6.45) is 4.46. The lowest BCUT2D eigenvalue weighted by molar-refractivity contribution is -0.00813. The van der Waals surface area contributed by atoms with Gasteiger partial charge in [0.15, 0.2) is 0 Å². The molecule has 0 bridgehead atoms. The Hall–Kier alpha value is -1.17. The topological polar surface area (TPSA) is 24.3 Å². The van der Waals surface area contributed by atoms with Gasteiger partial charge in [-0.2, -0.15) is 0 Å². The van der Waals surface area contributed by atoms with Gasteiger partial charge in [-0.15, -0.1) is 11.3 Å². The van der Waals surface area contributed by atoms with E-state index < -0.39 is 0 Å². The van der Waals surface area contributed by atoms with Crippen LogP contribution in [0.3, 0.4) is 0 Å². The maximum Gasteiger partial charge on any atom is 0.129 e. The molecule has 124 valence electrons. The lowest BCUT2D eigenvalue weighted by Gasteiger charge is -2.50. The smallest absolute Gasteiger partial charge is 0.129 e. The average molecular weight is 331 g/mol. The molecule has 5 heteroatoms. The highest BCUT2D eigenvalue weighted by Crippen LogP contribution is 2.41. The van der Waals surface area contributed by atoms with Crippen LogP contribution < -0.4 is 0 Å². The van der Waals surface area contributed by atoms with Crippen molar-refractivity contribution in [2.24, 2.45) is 0 Å². The first-order valence-corrected chi connectivity index (χ1v) is 9.63. The normalized spacial score (nSPS) is 21.7. The monoisotopic (exact) mass is 330 g/mol. The number of imidazole rings is 1. The fourth-order valence-corrected chi connectivity index (χ4v) is 5.14. The summed E-state index contributed by atoms with van der Waals surface area (Å²) in [6.45, 7) is 11.3. The van der Waals surface area contributed by atoms with Crippen molar-refractivity contribution in [2.75, 3.05) is 26.2 Å². The molecule has 4 heterocycles. The van der Waals surface area contributed by atoms with Crippen LogP contribution in [0.25, 0.3) is 0 Å². The van der Waals surface area contributed by atoms with Crippen LogP contribution in [0, 0.1) is 6.92 Å². The molecule has 0 saturated carbocycles. The summed E-state index contributed by atoms with van der Waals surface area (Å²) < 4.78 is 2.46. The number of aromatic nitrogens is 2. The van der Waals surface area contributed by atoms with Gasteiger partial charge >= 0.3 is 0 Å². The third-order valence-corrected chi connectivity index (χ3v) is 6.56. The van der Waals surface area contributed by atoms with Gasteiger partial charge in [-0.05, 0) is 37.8 Å². The average Bonchev–Trinajstić information content (AvgIpc) is 3.21. The first-order valence-electron chi connectivity index (χ1n) is 8.75. The Morgan fingerprint density at radius 2 is 2.04 bits per heavy atom. The van der Waals surface area contributed by atoms with E-state index in [1.165, 1.54) is 42.3 Å². The molecule has 4 nitrogen and oxygen atoms in total. The summed E-state index contributed by atoms with van der Waals surface area (Å²) in [5.74, 6) is 1.32. The Labute approximate surface area is 142 Å². The van der Waals surface area contributed by atoms with E-state index in [1.54, 1.807) is 0 Å². The predicted molar refractivity (Wildman–Crippen MR) is 94.7 cm³/mol. The highest BCUT2D eigenvalue weighted by Gasteiger charge is 2.46. The predicted octanol–water partition coefficient (Wildman–Crippen LogP) is 3.08. The van der Waals surface area contributed by atoms with E-state index >= 15 is 0 Å². The van der Waals surface area contributed by atoms with Crippen LogP contribution in [-0.4, -0.2) is 45.5 Å². The van der Waals surface area contributed by atoms with Gasteiger partial charge in [0, 0.05) is 49.5 Å². The summed E-state index contributed by atoms with van der Waals surface area (Å²) in [5.41, 5.74) is 1.48. The molecular weight excluding hydrogens is 304 g/mol. The highest BCUT2D eigenvalue weighted by atomic mass is 32.1. The zero-order valence-electron chi connectivity index (χ0n) is 14.2. The second-order valence-electron chi connectivity index (χ2n) is 6.84. The van der Waals surface area contributed by atoms with Crippen molar-refractivity contribution in [3.05, 3.63) is 40.1 Å². The zero-order valence-corrected chi connectivity index (χ0v) is 15.0. The molecular formula is C18H26N4S. The Balaban J connectivity index is 1.56. The number of piperidine rings is 1. The number of aryl methyl sites for hydroxylation is 1. The van der Waals surface area contributed by atoms with Crippen molar-refractivity contribution < 1.29 is 0 Å². The van der Waals surface area contributed by atoms with Crippen LogP contribution in [0.15, 0.2) is 23.7 Å². The van der Waals surface area contributed by atoms with Crippen LogP contribution in [0.2, 0.25) is 0 Å². The van der Waals surface area contributed by atoms with E-state index in [2.05, 4.69) is 51.9 Å². The molecule has 2 aromatic rings. The fraction of sp³-hybridized carbons (Fsp3) is 0.611. The van der Waals surface area contributed by atoms with Gasteiger partial charge < -0.3 is 4.57 Å². The molecule has 0 atom stereocenters. The molecule has 0 N–H and O–H groups in total. The fourth-order valence-electron chi connectivity index (χ4n) is 4.40. The molecule has 0 aromatic carbocycles. The molecule has 4 rings (SSSR count). The van der Waals surface area contributed by atoms with Crippen molar-refractivity contribution in [3.63, 3.8) is 0 Å². The van der Waals surface area contributed by atoms with Crippen molar-refractivity contribution in [1.29, 1.82) is 0 Å². The molecule has 0 radical (unpaired) electrons. The minimum absolute atomic E-state index is 0.160. The summed E-state index contributed by atoms with van der Waals surface area (Å²) in [6, 6.07) is 4.41. The molecule has 1 saturated heterocycles. The van der Waals surface area contributed by atoms with E-state index in [9.17, 15) is 0 Å². The van der Waals surface area contributed by atoms with E-state index in [1.807, 2.05) is 11.3 Å². The van der Waals surface area contributed by atoms with Crippen molar-refractivity contribution >= 4 is 11.3 Å². The maximum atomic E-state index is 4.84. The number of thiophene rings is 1. The Kier molecular flexibility index (Phi) is 4.03. The lowest BCUT2D eigenvalue weighted by atomic mass is 9.83. The summed E-state index contributed by atoms with van der Waals surface area (Å²) in [4.78, 5) is 11.6. The highest BCUT2D eigenvalue weighted by molar-refractivity contribution is 7.09. The van der Waals surface area contributed by atoms with E-state index in [0.717, 1.165) is 26.2 Å². The van der Waals surface area contributed by atoms with Gasteiger partial charge in [0.05, 0.1) is 5.54 Å². The maximum absolute atomic E-state index is 4.84. The number of hydrogen-bond donors (Lipinski definition) is 0. The molecule has 0 unspecified atom stereocenters. The largest absolute Gasteiger partial charge is 0.329 e. The van der Waals surface area contributed by atoms with Crippen LogP contribution in [0.1, 0.15) is 36.2 Å². The quantitative estimate of drug-likeness (QED) is 0.864. The van der Waals surface area contributed by atoms with Crippen LogP contribution in [0.5, 0.6) is 0 Å². The van der Waals surface area contributed by atoms with Crippen molar-refractivity contribution in [2.45, 2.75) is 45.3 Å². The molecule has 2 aliphatic rings. The SMILES string of the molecule is CCN1CCn2c(C)cnc2C12CCN(Cc1cccs1)CC2. The van der Waals surface area contributed by atoms with Gasteiger partial charge in [-0.1, -0.05) is 13.0 Å². The standard InChI is InChI=1S/C18H26N4S/c1-3-21-10-11-22-15(2)13-19-17(22)18(21)6-8-20(9-7-18)14-16-5-4-12-23-16/h4-5,12-13H,3,6-11,14H2,1-2H3. The molecule has 2 aromatic heterocycles. The summed E-state index contributed by atoms with van der Waals surface area (Å²) in [5, 5.41) is 2.18. The molecule has 1 spiro atoms. The van der Waals surface area contributed by atoms with Gasteiger partial charge in [0.2, 0.25) is 0 Å². The molecule has 1 fully saturated rings. The number of fused-ring (bicyclic) bond motifs is 2. The minimum atomic E-state index is 0.160. The van der Waals surface area contributed by atoms with Gasteiger partial charge in [-0.3, -0.25) is 9.80 Å². The zero-order chi connectivity index (χ0) is 15.9. The molecule has 0 aliphatic carbocycles. The number of likely N-dealkylation sites (N-methyl/N-ethyl adjacent to an activating group) is 1. The molecule has 23 heavy (non-hydrogen) atoms. The number of likely N-dealkylation sites (tertiary alicyclic amines) is 1. The Bertz CT molecular complexity index is 653. The summed E-state index contributed by atoms with van der Waals surface area (Å²) >= 11 is 1.87. The number of hydrogen-bond acceptors (Lipinski definition) is 4. The second-order valence-corrected chi connectivity index (χ2v) is 7.87. The first-order chi connectivity index (χ1) is 11.2. The van der Waals surface area contributed by atoms with E-state index in [-0.39, 0.29) is 5.54 Å². The third-order valence-electron chi connectivity index (χ3n) is 5.69. The van der Waals surface area contributed by atoms with Crippen LogP contribution in [-0.2, 0) is 18.6 Å². The van der Waals surface area contributed by atoms with Gasteiger partial charge in [0.25, 0.3) is 0 Å². The lowest BCUT2D eigenvalue weighted by Crippen LogP contribution is -2.57. The van der Waals surface area contributed by atoms with Crippen LogP contribution in [0.4, 0.5) is 0 Å². The minimum Gasteiger partial charge on any atom is -0.329 e.